The van der Waals surface area contributed by atoms with Crippen LogP contribution in [0, 0.1) is 0 Å². The van der Waals surface area contributed by atoms with Crippen LogP contribution in [-0.2, 0) is 89.0 Å². The molecule has 5 aliphatic heterocycles. The van der Waals surface area contributed by atoms with E-state index >= 15 is 0 Å². The molecule has 8 aliphatic rings. The third kappa shape index (κ3) is 15.8. The number of fused-ring (bicyclic) bond motifs is 10. The summed E-state index contributed by atoms with van der Waals surface area (Å²) >= 11 is 0. The van der Waals surface area contributed by atoms with Crippen molar-refractivity contribution in [1.82, 2.24) is 42.1 Å². The first-order valence-corrected chi connectivity index (χ1v) is 35.0. The van der Waals surface area contributed by atoms with Gasteiger partial charge in [-0.2, -0.15) is 0 Å². The van der Waals surface area contributed by atoms with Crippen molar-refractivity contribution < 1.29 is 111 Å². The van der Waals surface area contributed by atoms with Crippen molar-refractivity contribution in [3.05, 3.63) is 147 Å². The molecule has 0 bridgehead atoms. The number of phenolic OH excluding ortho intramolecular Hbond substituents is 2. The minimum Gasteiger partial charge on any atom is -0.507 e. The molecule has 0 aromatic heterocycles. The van der Waals surface area contributed by atoms with Crippen LogP contribution < -0.4 is 42.0 Å². The molecule has 5 heterocycles. The van der Waals surface area contributed by atoms with Crippen molar-refractivity contribution in [2.75, 3.05) is 99.8 Å². The lowest BCUT2D eigenvalue weighted by Gasteiger charge is -2.43. The van der Waals surface area contributed by atoms with Crippen LogP contribution in [0.3, 0.4) is 0 Å². The van der Waals surface area contributed by atoms with E-state index in [1.807, 2.05) is 36.4 Å². The molecule has 5 aromatic carbocycles. The van der Waals surface area contributed by atoms with Crippen LogP contribution in [-0.4, -0.2) is 246 Å². The first-order valence-electron chi connectivity index (χ1n) is 35.0. The number of amides is 7. The van der Waals surface area contributed by atoms with Gasteiger partial charge in [-0.3, -0.25) is 43.3 Å². The summed E-state index contributed by atoms with van der Waals surface area (Å²) in [6, 6.07) is 26.0. The summed E-state index contributed by atoms with van der Waals surface area (Å²) < 4.78 is 65.1. The zero-order chi connectivity index (χ0) is 73.6. The van der Waals surface area contributed by atoms with Crippen molar-refractivity contribution in [3.63, 3.8) is 0 Å². The normalized spacial score (nSPS) is 25.7. The van der Waals surface area contributed by atoms with Crippen molar-refractivity contribution >= 4 is 53.1 Å². The maximum absolute atomic E-state index is 14.8. The Hall–Kier alpha value is -9.51. The Kier molecular flexibility index (Phi) is 22.8. The van der Waals surface area contributed by atoms with Gasteiger partial charge in [-0.15, -0.1) is 0 Å². The van der Waals surface area contributed by atoms with Gasteiger partial charge >= 0.3 is 6.09 Å². The molecule has 5 fully saturated rings. The number of benzene rings is 5. The molecule has 0 radical (unpaired) electrons. The Labute approximate surface area is 602 Å². The number of aliphatic hydroxyl groups is 1. The minimum atomic E-state index is -2.44. The van der Waals surface area contributed by atoms with E-state index in [0.29, 0.717) is 18.7 Å². The van der Waals surface area contributed by atoms with Gasteiger partial charge in [0.1, 0.15) is 53.8 Å². The van der Waals surface area contributed by atoms with E-state index in [2.05, 4.69) is 54.3 Å². The van der Waals surface area contributed by atoms with E-state index in [1.54, 1.807) is 37.3 Å². The SMILES string of the molecule is COc1cccc2c1C(=O)c1c(O)c3c(c(O)c1C2=O)C[C@@](O)(C(=O)N[C@H]1CO[C@H]2[C@@H]1OC[C@@H]2NC(=O)CNC(=O)[C@H](Cc1ccccc1)NC(=O)CNC(=O)CNC(=O)CCOCCOCCNC(=O)OCC1c2ccccc2-c2ccccc21)C[C@@H]3O[C@H]1C[C@H]2[C@H](O[C@@H]3[C@@H](OC)OCCN32)[C@H](C)O1. The molecule has 0 unspecified atom stereocenters. The molecule has 105 heavy (non-hydrogen) atoms. The number of carbonyl (C=O) groups is 9. The maximum atomic E-state index is 14.8. The first-order chi connectivity index (χ1) is 50.8. The highest BCUT2D eigenvalue weighted by Gasteiger charge is 2.57. The summed E-state index contributed by atoms with van der Waals surface area (Å²) in [6.45, 7) is 1.83. The summed E-state index contributed by atoms with van der Waals surface area (Å²) in [4.78, 5) is 124. The average molecular weight is 1450 g/mol. The highest BCUT2D eigenvalue weighted by Crippen LogP contribution is 2.53. The molecule has 0 spiro atoms. The Morgan fingerprint density at radius 1 is 0.667 bits per heavy atom. The topological polar surface area (TPSA) is 403 Å². The fraction of sp³-hybridized carbons (Fsp3) is 0.473. The number of hydrogen-bond acceptors (Lipinski definition) is 24. The zero-order valence-corrected chi connectivity index (χ0v) is 57.9. The van der Waals surface area contributed by atoms with Gasteiger partial charge in [-0.05, 0) is 40.8 Å². The van der Waals surface area contributed by atoms with Crippen LogP contribution in [0.2, 0.25) is 0 Å². The maximum Gasteiger partial charge on any atom is 0.407 e. The molecule has 31 nitrogen and oxygen atoms in total. The van der Waals surface area contributed by atoms with Crippen molar-refractivity contribution in [1.29, 1.82) is 0 Å². The Bertz CT molecular complexity index is 4080. The predicted molar refractivity (Wildman–Crippen MR) is 365 cm³/mol. The van der Waals surface area contributed by atoms with Crippen LogP contribution >= 0.6 is 0 Å². The van der Waals surface area contributed by atoms with Crippen molar-refractivity contribution in [2.45, 2.75) is 124 Å². The largest absolute Gasteiger partial charge is 0.507 e. The van der Waals surface area contributed by atoms with E-state index in [-0.39, 0.29) is 112 Å². The number of rotatable bonds is 28. The molecule has 31 heteroatoms. The number of morpholine rings is 1. The number of carbonyl (C=O) groups excluding carboxylic acids is 9. The number of ether oxygens (including phenoxy) is 11. The van der Waals surface area contributed by atoms with E-state index in [1.165, 1.54) is 32.4 Å². The first kappa shape index (κ1) is 73.8. The van der Waals surface area contributed by atoms with E-state index < -0.39 is 181 Å². The number of alkyl carbamates (subject to hydrolysis) is 1. The van der Waals surface area contributed by atoms with Gasteiger partial charge in [-0.25, -0.2) is 4.79 Å². The monoisotopic (exact) mass is 1450 g/mol. The standard InChI is InChI=1S/C74H84N8O23/c1-38-66-50(82-22-25-99-71(96-3)70(82)105-66)29-57(103-38)104-52-31-74(94,30-45-59(52)65(90)61-60(63(45)88)62(87)44-18-11-19-51(95-2)58(44)64(61)89)72(92)81-49-37-101-67-48(36-100-68(49)67)80-56(86)34-78-69(91)47(28-39-12-5-4-6-13-39)79-55(85)33-77-54(84)32-76-53(83)20-23-97-26-27-98-24-21-75-73(93)102-35-46-42-16-9-7-14-40(42)41-15-8-10-17-43(41)46/h4-19,38,46-50,52,57,66-68,70-71,88,90,94H,20-37H2,1-3H3,(H,75,93)(H,76,83)(H,77,84)(H,78,91)(H,79,85)(H,80,86)(H,81,92)/t38-,47-,48-,49-,50-,52-,57-,66+,67+,68+,70+,71-,74-/m0/s1. The fourth-order valence-corrected chi connectivity index (χ4v) is 15.3. The van der Waals surface area contributed by atoms with Gasteiger partial charge in [0.15, 0.2) is 24.6 Å². The number of aromatic hydroxyl groups is 2. The lowest BCUT2D eigenvalue weighted by atomic mass is 9.72. The van der Waals surface area contributed by atoms with Crippen LogP contribution in [0.4, 0.5) is 4.79 Å². The van der Waals surface area contributed by atoms with Crippen LogP contribution in [0.25, 0.3) is 11.1 Å². The summed E-state index contributed by atoms with van der Waals surface area (Å²) in [7, 11) is 2.84. The number of hydrogen-bond donors (Lipinski definition) is 10. The van der Waals surface area contributed by atoms with E-state index in [0.717, 1.165) is 22.3 Å². The number of nitrogens with zero attached hydrogens (tertiary/aromatic N) is 1. The van der Waals surface area contributed by atoms with Crippen molar-refractivity contribution in [2.24, 2.45) is 0 Å². The van der Waals surface area contributed by atoms with Gasteiger partial charge in [0.25, 0.3) is 5.91 Å². The second kappa shape index (κ2) is 32.5. The Balaban J connectivity index is 0.555. The summed E-state index contributed by atoms with van der Waals surface area (Å²) in [5, 5.41) is 55.6. The Morgan fingerprint density at radius 2 is 1.32 bits per heavy atom. The molecule has 558 valence electrons. The number of ketones is 2. The average Bonchev–Trinajstić information content (AvgIpc) is 1.65. The molecule has 13 atom stereocenters. The number of methoxy groups -OCH3 is 2. The molecule has 5 saturated heterocycles. The van der Waals surface area contributed by atoms with Gasteiger partial charge in [0.05, 0.1) is 114 Å². The van der Waals surface area contributed by atoms with Gasteiger partial charge in [0.2, 0.25) is 35.3 Å². The van der Waals surface area contributed by atoms with E-state index in [4.69, 9.17) is 52.1 Å². The lowest BCUT2D eigenvalue weighted by molar-refractivity contribution is -0.256. The minimum absolute atomic E-state index is 0.00343. The quantitative estimate of drug-likeness (QED) is 0.0241. The van der Waals surface area contributed by atoms with Gasteiger partial charge < -0.3 is 105 Å². The van der Waals surface area contributed by atoms with Crippen LogP contribution in [0.1, 0.15) is 97.9 Å². The zero-order valence-electron chi connectivity index (χ0n) is 57.9. The lowest BCUT2D eigenvalue weighted by Crippen LogP contribution is -2.57. The van der Waals surface area contributed by atoms with Crippen LogP contribution in [0.5, 0.6) is 17.2 Å². The second-order valence-corrected chi connectivity index (χ2v) is 26.9. The molecule has 10 N–H and O–H groups in total. The molecular formula is C74H84N8O23. The molecule has 3 aliphatic carbocycles. The Morgan fingerprint density at radius 3 is 2.05 bits per heavy atom. The van der Waals surface area contributed by atoms with Gasteiger partial charge in [0, 0.05) is 81.0 Å². The fourth-order valence-electron chi connectivity index (χ4n) is 15.3. The summed E-state index contributed by atoms with van der Waals surface area (Å²) in [5.74, 6) is -7.34. The molecule has 0 saturated carbocycles. The third-order valence-electron chi connectivity index (χ3n) is 20.3. The number of nitrogens with one attached hydrogen (secondary N) is 7. The highest BCUT2D eigenvalue weighted by molar-refractivity contribution is 6.31. The smallest absolute Gasteiger partial charge is 0.407 e. The highest BCUT2D eigenvalue weighted by atomic mass is 16.7. The molecule has 13 rings (SSSR count). The predicted octanol–water partition coefficient (Wildman–Crippen LogP) is 0.955. The van der Waals surface area contributed by atoms with Crippen LogP contribution in [0.15, 0.2) is 97.1 Å². The second-order valence-electron chi connectivity index (χ2n) is 26.9. The van der Waals surface area contributed by atoms with Gasteiger partial charge in [-0.1, -0.05) is 91.0 Å². The molecule has 5 aromatic rings. The van der Waals surface area contributed by atoms with E-state index in [9.17, 15) is 58.5 Å². The molecule has 7 amide bonds. The van der Waals surface area contributed by atoms with Crippen molar-refractivity contribution in [3.8, 4) is 28.4 Å². The summed E-state index contributed by atoms with van der Waals surface area (Å²) in [5.41, 5.74) is 1.09. The summed E-state index contributed by atoms with van der Waals surface area (Å²) in [6.07, 6.45) is -8.14. The number of phenols is 2. The third-order valence-corrected chi connectivity index (χ3v) is 20.3. The molecular weight excluding hydrogens is 1370 g/mol.